The Morgan fingerprint density at radius 1 is 0.914 bits per heavy atom. The van der Waals surface area contributed by atoms with Gasteiger partial charge in [0.05, 0.1) is 20.3 Å². The summed E-state index contributed by atoms with van der Waals surface area (Å²) in [5, 5.41) is 6.45. The molecule has 1 amide bonds. The van der Waals surface area contributed by atoms with E-state index < -0.39 is 0 Å². The Bertz CT molecular complexity index is 989. The third kappa shape index (κ3) is 10.4. The van der Waals surface area contributed by atoms with Crippen molar-refractivity contribution < 1.29 is 23.4 Å². The van der Waals surface area contributed by atoms with Crippen molar-refractivity contribution in [3.8, 4) is 22.8 Å². The number of ether oxygens (including phenoxy) is 3. The summed E-state index contributed by atoms with van der Waals surface area (Å²) in [6.45, 7) is 10.2. The van der Waals surface area contributed by atoms with Crippen molar-refractivity contribution >= 4 is 23.2 Å². The second-order valence-electron chi connectivity index (χ2n) is 6.59. The molecule has 0 aliphatic rings. The topological polar surface area (TPSA) is 82.0 Å². The van der Waals surface area contributed by atoms with Crippen LogP contribution in [0.4, 0.5) is 5.69 Å². The van der Waals surface area contributed by atoms with E-state index in [4.69, 9.17) is 30.2 Å². The van der Waals surface area contributed by atoms with E-state index in [1.807, 2.05) is 46.9 Å². The lowest BCUT2D eigenvalue weighted by molar-refractivity contribution is 0.0996. The minimum atomic E-state index is -0.380. The molecule has 0 radical (unpaired) electrons. The number of furan rings is 1. The first-order chi connectivity index (χ1) is 17.1. The fourth-order valence-electron chi connectivity index (χ4n) is 2.76. The smallest absolute Gasteiger partial charge is 0.291 e. The quantitative estimate of drug-likeness (QED) is 0.289. The molecule has 0 fully saturated rings. The number of likely N-dealkylation sites (N-methyl/N-ethyl adjacent to an activating group) is 1. The van der Waals surface area contributed by atoms with Crippen LogP contribution in [0.15, 0.2) is 59.0 Å². The van der Waals surface area contributed by atoms with Crippen molar-refractivity contribution in [3.63, 3.8) is 0 Å². The van der Waals surface area contributed by atoms with Crippen LogP contribution in [0, 0.1) is 0 Å². The van der Waals surface area contributed by atoms with Gasteiger partial charge in [-0.25, -0.2) is 0 Å². The molecule has 1 heterocycles. The van der Waals surface area contributed by atoms with Crippen LogP contribution in [0.2, 0.25) is 5.02 Å². The van der Waals surface area contributed by atoms with Gasteiger partial charge < -0.3 is 29.3 Å². The molecule has 0 unspecified atom stereocenters. The number of halogens is 1. The van der Waals surface area contributed by atoms with Crippen LogP contribution in [0.5, 0.6) is 11.5 Å². The zero-order chi connectivity index (χ0) is 26.1. The van der Waals surface area contributed by atoms with E-state index >= 15 is 0 Å². The highest BCUT2D eigenvalue weighted by Crippen LogP contribution is 2.28. The van der Waals surface area contributed by atoms with E-state index in [0.29, 0.717) is 47.8 Å². The first-order valence-electron chi connectivity index (χ1n) is 11.8. The van der Waals surface area contributed by atoms with Gasteiger partial charge in [0.15, 0.2) is 5.76 Å². The standard InChI is InChI=1S/C23H25ClN2O5.2C2H6/c1-25-9-10-29-11-12-30-20-14-18(13-19(15-20)28-2)26-23(27)22-8-7-21(31-22)16-3-5-17(24)6-4-16;2*1-2/h3-8,13-15,25H,9-12H2,1-2H3,(H,26,27);2*1-2H3. The lowest BCUT2D eigenvalue weighted by atomic mass is 10.2. The largest absolute Gasteiger partial charge is 0.497 e. The number of carbonyl (C=O) groups is 1. The van der Waals surface area contributed by atoms with Gasteiger partial charge in [0.2, 0.25) is 0 Å². The zero-order valence-corrected chi connectivity index (χ0v) is 22.2. The van der Waals surface area contributed by atoms with Gasteiger partial charge in [-0.15, -0.1) is 0 Å². The molecule has 1 aromatic heterocycles. The SMILES string of the molecule is CC.CC.CNCCOCCOc1cc(NC(=O)c2ccc(-c3ccc(Cl)cc3)o2)cc(OC)c1. The van der Waals surface area contributed by atoms with E-state index in [-0.39, 0.29) is 11.7 Å². The number of benzene rings is 2. The first-order valence-corrected chi connectivity index (χ1v) is 12.2. The Labute approximate surface area is 213 Å². The van der Waals surface area contributed by atoms with Gasteiger partial charge in [-0.05, 0) is 43.4 Å². The molecule has 0 bridgehead atoms. The van der Waals surface area contributed by atoms with E-state index in [1.165, 1.54) is 0 Å². The lowest BCUT2D eigenvalue weighted by Crippen LogP contribution is -2.16. The molecule has 8 heteroatoms. The first kappa shape index (κ1) is 30.0. The van der Waals surface area contributed by atoms with Crippen LogP contribution < -0.4 is 20.1 Å². The summed E-state index contributed by atoms with van der Waals surface area (Å²) in [5.41, 5.74) is 1.36. The van der Waals surface area contributed by atoms with Crippen LogP contribution in [-0.4, -0.2) is 46.4 Å². The Morgan fingerprint density at radius 3 is 2.26 bits per heavy atom. The summed E-state index contributed by atoms with van der Waals surface area (Å²) >= 11 is 5.92. The molecule has 192 valence electrons. The molecule has 0 aliphatic carbocycles. The molecule has 0 saturated carbocycles. The molecule has 35 heavy (non-hydrogen) atoms. The lowest BCUT2D eigenvalue weighted by Gasteiger charge is -2.11. The van der Waals surface area contributed by atoms with Gasteiger partial charge in [0, 0.05) is 41.0 Å². The van der Waals surface area contributed by atoms with Crippen LogP contribution in [0.3, 0.4) is 0 Å². The molecular formula is C27H37ClN2O5. The summed E-state index contributed by atoms with van der Waals surface area (Å²) < 4.78 is 22.2. The van der Waals surface area contributed by atoms with Crippen molar-refractivity contribution in [3.05, 3.63) is 65.4 Å². The molecule has 3 rings (SSSR count). The summed E-state index contributed by atoms with van der Waals surface area (Å²) in [4.78, 5) is 12.7. The van der Waals surface area contributed by atoms with Crippen LogP contribution in [0.25, 0.3) is 11.3 Å². The second-order valence-corrected chi connectivity index (χ2v) is 7.02. The number of amides is 1. The van der Waals surface area contributed by atoms with E-state index in [0.717, 1.165) is 12.1 Å². The van der Waals surface area contributed by atoms with Crippen LogP contribution in [0.1, 0.15) is 38.2 Å². The number of rotatable bonds is 11. The van der Waals surface area contributed by atoms with Crippen molar-refractivity contribution in [1.82, 2.24) is 5.32 Å². The molecule has 7 nitrogen and oxygen atoms in total. The van der Waals surface area contributed by atoms with Crippen LogP contribution >= 0.6 is 11.6 Å². The summed E-state index contributed by atoms with van der Waals surface area (Å²) in [5.74, 6) is 1.51. The maximum absolute atomic E-state index is 12.7. The average Bonchev–Trinajstić information content (AvgIpc) is 3.39. The Balaban J connectivity index is 0.00000145. The van der Waals surface area contributed by atoms with Gasteiger partial charge in [0.25, 0.3) is 5.91 Å². The number of anilines is 1. The van der Waals surface area contributed by atoms with Crippen molar-refractivity contribution in [2.75, 3.05) is 45.8 Å². The van der Waals surface area contributed by atoms with Crippen molar-refractivity contribution in [2.45, 2.75) is 27.7 Å². The molecule has 2 N–H and O–H groups in total. The fourth-order valence-corrected chi connectivity index (χ4v) is 2.89. The molecule has 2 aromatic carbocycles. The minimum Gasteiger partial charge on any atom is -0.497 e. The van der Waals surface area contributed by atoms with Gasteiger partial charge in [-0.2, -0.15) is 0 Å². The van der Waals surface area contributed by atoms with Gasteiger partial charge >= 0.3 is 0 Å². The van der Waals surface area contributed by atoms with E-state index in [2.05, 4.69) is 10.6 Å². The molecule has 3 aromatic rings. The molecule has 0 spiro atoms. The zero-order valence-electron chi connectivity index (χ0n) is 21.4. The predicted molar refractivity (Wildman–Crippen MR) is 143 cm³/mol. The van der Waals surface area contributed by atoms with Gasteiger partial charge in [-0.1, -0.05) is 39.3 Å². The van der Waals surface area contributed by atoms with E-state index in [1.54, 1.807) is 49.6 Å². The predicted octanol–water partition coefficient (Wildman–Crippen LogP) is 6.53. The average molecular weight is 505 g/mol. The summed E-state index contributed by atoms with van der Waals surface area (Å²) in [7, 11) is 3.42. The molecule has 0 atom stereocenters. The van der Waals surface area contributed by atoms with Gasteiger partial charge in [0.1, 0.15) is 23.9 Å². The maximum atomic E-state index is 12.7. The number of hydrogen-bond acceptors (Lipinski definition) is 6. The summed E-state index contributed by atoms with van der Waals surface area (Å²) in [6.07, 6.45) is 0. The van der Waals surface area contributed by atoms with Crippen molar-refractivity contribution in [1.29, 1.82) is 0 Å². The number of methoxy groups -OCH3 is 1. The number of carbonyl (C=O) groups excluding carboxylic acids is 1. The van der Waals surface area contributed by atoms with Crippen LogP contribution in [-0.2, 0) is 4.74 Å². The highest BCUT2D eigenvalue weighted by atomic mass is 35.5. The molecule has 0 aliphatic heterocycles. The third-order valence-corrected chi connectivity index (χ3v) is 4.58. The molecular weight excluding hydrogens is 468 g/mol. The fraction of sp³-hybridized carbons (Fsp3) is 0.370. The normalized spacial score (nSPS) is 9.80. The maximum Gasteiger partial charge on any atom is 0.291 e. The Morgan fingerprint density at radius 2 is 1.60 bits per heavy atom. The minimum absolute atomic E-state index is 0.188. The molecule has 0 saturated heterocycles. The van der Waals surface area contributed by atoms with E-state index in [9.17, 15) is 4.79 Å². The monoisotopic (exact) mass is 504 g/mol. The Hall–Kier alpha value is -3.00. The number of hydrogen-bond donors (Lipinski definition) is 2. The highest BCUT2D eigenvalue weighted by Gasteiger charge is 2.14. The highest BCUT2D eigenvalue weighted by molar-refractivity contribution is 6.30. The third-order valence-electron chi connectivity index (χ3n) is 4.32. The number of nitrogens with one attached hydrogen (secondary N) is 2. The Kier molecular flexibility index (Phi) is 15.0. The second kappa shape index (κ2) is 17.4. The van der Waals surface area contributed by atoms with Gasteiger partial charge in [-0.3, -0.25) is 4.79 Å². The summed E-state index contributed by atoms with van der Waals surface area (Å²) in [6, 6.07) is 15.7. The van der Waals surface area contributed by atoms with Crippen molar-refractivity contribution in [2.24, 2.45) is 0 Å².